The van der Waals surface area contributed by atoms with Crippen LogP contribution in [0.4, 0.5) is 5.69 Å². The number of aromatic nitrogens is 3. The van der Waals surface area contributed by atoms with Gasteiger partial charge < -0.3 is 5.32 Å². The van der Waals surface area contributed by atoms with Gasteiger partial charge in [0.05, 0.1) is 11.9 Å². The molecule has 1 N–H and O–H groups in total. The fraction of sp³-hybridized carbons (Fsp3) is 0.0476. The Labute approximate surface area is 155 Å². The van der Waals surface area contributed by atoms with E-state index in [1.54, 1.807) is 0 Å². The van der Waals surface area contributed by atoms with Crippen LogP contribution in [0.2, 0.25) is 0 Å². The predicted molar refractivity (Wildman–Crippen MR) is 104 cm³/mol. The summed E-state index contributed by atoms with van der Waals surface area (Å²) in [6, 6.07) is 22.7. The number of carbonyl (C=O) groups is 1. The number of benzene rings is 3. The van der Waals surface area contributed by atoms with Crippen molar-refractivity contribution in [3.8, 4) is 11.3 Å². The lowest BCUT2D eigenvalue weighted by molar-refractivity contribution is -0.117. The molecule has 6 heteroatoms. The summed E-state index contributed by atoms with van der Waals surface area (Å²) in [6.45, 7) is -0.204. The molecule has 3 aromatic carbocycles. The number of hydrogen-bond acceptors (Lipinski definition) is 4. The molecule has 1 aromatic heterocycles. The van der Waals surface area contributed by atoms with Crippen LogP contribution in [-0.2, 0) is 11.3 Å². The van der Waals surface area contributed by atoms with Gasteiger partial charge in [-0.15, -0.1) is 0 Å². The Kier molecular flexibility index (Phi) is 4.45. The van der Waals surface area contributed by atoms with Crippen LogP contribution in [0.1, 0.15) is 0 Å². The van der Waals surface area contributed by atoms with E-state index in [0.717, 1.165) is 21.0 Å². The van der Waals surface area contributed by atoms with E-state index in [1.807, 2.05) is 72.8 Å². The molecule has 0 aliphatic heterocycles. The van der Waals surface area contributed by atoms with Gasteiger partial charge in [0.2, 0.25) is 5.91 Å². The van der Waals surface area contributed by atoms with Crippen LogP contribution < -0.4 is 11.0 Å². The first-order valence-electron chi connectivity index (χ1n) is 8.48. The summed E-state index contributed by atoms with van der Waals surface area (Å²) in [5, 5.41) is 8.88. The maximum atomic E-state index is 12.4. The van der Waals surface area contributed by atoms with E-state index < -0.39 is 5.69 Å². The molecule has 0 unspecified atom stereocenters. The summed E-state index contributed by atoms with van der Waals surface area (Å²) in [6.07, 6.45) is 1.49. The molecule has 27 heavy (non-hydrogen) atoms. The minimum absolute atomic E-state index is 0.204. The van der Waals surface area contributed by atoms with Gasteiger partial charge in [-0.25, -0.2) is 9.48 Å². The Balaban J connectivity index is 1.54. The molecule has 6 nitrogen and oxygen atoms in total. The molecule has 4 rings (SSSR count). The summed E-state index contributed by atoms with van der Waals surface area (Å²) in [5.74, 6) is -0.338. The molecule has 0 saturated carbocycles. The smallest absolute Gasteiger partial charge is 0.324 e. The van der Waals surface area contributed by atoms with E-state index in [0.29, 0.717) is 11.4 Å². The zero-order valence-corrected chi connectivity index (χ0v) is 14.4. The zero-order chi connectivity index (χ0) is 18.6. The Morgan fingerprint density at radius 2 is 1.67 bits per heavy atom. The van der Waals surface area contributed by atoms with Crippen molar-refractivity contribution in [2.75, 3.05) is 5.32 Å². The summed E-state index contributed by atoms with van der Waals surface area (Å²) < 4.78 is 1.05. The van der Waals surface area contributed by atoms with Crippen molar-refractivity contribution in [2.24, 2.45) is 0 Å². The van der Waals surface area contributed by atoms with E-state index in [-0.39, 0.29) is 12.5 Å². The summed E-state index contributed by atoms with van der Waals surface area (Å²) in [7, 11) is 0. The van der Waals surface area contributed by atoms with Gasteiger partial charge in [0.25, 0.3) is 0 Å². The zero-order valence-electron chi connectivity index (χ0n) is 14.4. The first kappa shape index (κ1) is 16.7. The number of nitrogens with one attached hydrogen (secondary N) is 1. The van der Waals surface area contributed by atoms with Crippen LogP contribution in [0, 0.1) is 0 Å². The van der Waals surface area contributed by atoms with Crippen molar-refractivity contribution in [3.05, 3.63) is 89.5 Å². The maximum Gasteiger partial charge on any atom is 0.365 e. The van der Waals surface area contributed by atoms with E-state index in [1.165, 1.54) is 6.20 Å². The number of carbonyl (C=O) groups excluding carboxylic acids is 1. The fourth-order valence-electron chi connectivity index (χ4n) is 2.88. The molecule has 0 fully saturated rings. The monoisotopic (exact) mass is 356 g/mol. The van der Waals surface area contributed by atoms with Gasteiger partial charge in [-0.3, -0.25) is 4.79 Å². The van der Waals surface area contributed by atoms with Gasteiger partial charge >= 0.3 is 5.69 Å². The van der Waals surface area contributed by atoms with Gasteiger partial charge in [0.1, 0.15) is 6.54 Å². The third kappa shape index (κ3) is 3.59. The number of anilines is 1. The average molecular weight is 356 g/mol. The summed E-state index contributed by atoms with van der Waals surface area (Å²) in [4.78, 5) is 28.6. The summed E-state index contributed by atoms with van der Waals surface area (Å²) >= 11 is 0. The Morgan fingerprint density at radius 3 is 2.48 bits per heavy atom. The van der Waals surface area contributed by atoms with Crippen molar-refractivity contribution in [3.63, 3.8) is 0 Å². The normalized spacial score (nSPS) is 10.7. The largest absolute Gasteiger partial charge is 0.365 e. The Bertz CT molecular complexity index is 1160. The highest BCUT2D eigenvalue weighted by Crippen LogP contribution is 2.22. The molecule has 0 atom stereocenters. The molecular formula is C21H16N4O2. The molecule has 0 radical (unpaired) electrons. The second kappa shape index (κ2) is 7.21. The highest BCUT2D eigenvalue weighted by molar-refractivity contribution is 6.01. The maximum absolute atomic E-state index is 12.4. The van der Waals surface area contributed by atoms with E-state index >= 15 is 0 Å². The number of hydrogen-bond donors (Lipinski definition) is 1. The number of rotatable bonds is 4. The van der Waals surface area contributed by atoms with Gasteiger partial charge in [-0.05, 0) is 11.5 Å². The topological polar surface area (TPSA) is 76.9 Å². The standard InChI is InChI=1S/C21H16N4O2/c26-20(23-18-12-6-10-15-7-4-5-11-17(15)18)14-25-21(27)24-19(13-22-25)16-8-2-1-3-9-16/h1-13H,14H2,(H,23,26). The van der Waals surface area contributed by atoms with E-state index in [4.69, 9.17) is 0 Å². The molecule has 0 saturated heterocycles. The first-order valence-corrected chi connectivity index (χ1v) is 8.48. The molecule has 0 aliphatic rings. The summed E-state index contributed by atoms with van der Waals surface area (Å²) in [5.41, 5.74) is 1.41. The van der Waals surface area contributed by atoms with Crippen molar-refractivity contribution < 1.29 is 4.79 Å². The molecule has 1 amide bonds. The Hall–Kier alpha value is -3.80. The van der Waals surface area contributed by atoms with Crippen LogP contribution in [-0.4, -0.2) is 20.7 Å². The van der Waals surface area contributed by atoms with Gasteiger partial charge in [0, 0.05) is 16.6 Å². The SMILES string of the molecule is O=C(Cn1ncc(-c2ccccc2)nc1=O)Nc1cccc2ccccc12. The molecule has 1 heterocycles. The minimum Gasteiger partial charge on any atom is -0.324 e. The van der Waals surface area contributed by atoms with Crippen LogP contribution in [0.25, 0.3) is 22.0 Å². The molecule has 0 spiro atoms. The lowest BCUT2D eigenvalue weighted by Crippen LogP contribution is -2.31. The van der Waals surface area contributed by atoms with E-state index in [2.05, 4.69) is 15.4 Å². The van der Waals surface area contributed by atoms with Crippen LogP contribution >= 0.6 is 0 Å². The van der Waals surface area contributed by atoms with Gasteiger partial charge in [0.15, 0.2) is 0 Å². The van der Waals surface area contributed by atoms with Crippen LogP contribution in [0.5, 0.6) is 0 Å². The molecule has 0 bridgehead atoms. The third-order valence-electron chi connectivity index (χ3n) is 4.18. The number of nitrogens with zero attached hydrogens (tertiary/aromatic N) is 3. The second-order valence-electron chi connectivity index (χ2n) is 6.02. The van der Waals surface area contributed by atoms with Gasteiger partial charge in [-0.2, -0.15) is 10.1 Å². The molecular weight excluding hydrogens is 340 g/mol. The van der Waals surface area contributed by atoms with Crippen molar-refractivity contribution >= 4 is 22.4 Å². The van der Waals surface area contributed by atoms with Crippen molar-refractivity contribution in [1.29, 1.82) is 0 Å². The molecule has 0 aliphatic carbocycles. The molecule has 132 valence electrons. The average Bonchev–Trinajstić information content (AvgIpc) is 2.70. The lowest BCUT2D eigenvalue weighted by atomic mass is 10.1. The number of amides is 1. The van der Waals surface area contributed by atoms with Crippen LogP contribution in [0.15, 0.2) is 83.8 Å². The van der Waals surface area contributed by atoms with E-state index in [9.17, 15) is 9.59 Å². The predicted octanol–water partition coefficient (Wildman–Crippen LogP) is 3.10. The first-order chi connectivity index (χ1) is 13.2. The molecule has 4 aromatic rings. The number of fused-ring (bicyclic) bond motifs is 1. The fourth-order valence-corrected chi connectivity index (χ4v) is 2.88. The van der Waals surface area contributed by atoms with Crippen molar-refractivity contribution in [1.82, 2.24) is 14.8 Å². The third-order valence-corrected chi connectivity index (χ3v) is 4.18. The lowest BCUT2D eigenvalue weighted by Gasteiger charge is -2.09. The Morgan fingerprint density at radius 1 is 0.926 bits per heavy atom. The minimum atomic E-state index is -0.565. The highest BCUT2D eigenvalue weighted by atomic mass is 16.2. The van der Waals surface area contributed by atoms with Crippen molar-refractivity contribution in [2.45, 2.75) is 6.54 Å². The second-order valence-corrected chi connectivity index (χ2v) is 6.02. The quantitative estimate of drug-likeness (QED) is 0.610. The van der Waals surface area contributed by atoms with Gasteiger partial charge in [-0.1, -0.05) is 66.7 Å². The van der Waals surface area contributed by atoms with Crippen LogP contribution in [0.3, 0.4) is 0 Å². The highest BCUT2D eigenvalue weighted by Gasteiger charge is 2.10.